The molecule has 0 saturated carbocycles. The van der Waals surface area contributed by atoms with Crippen LogP contribution >= 0.6 is 7.92 Å². The third kappa shape index (κ3) is 10.6. The van der Waals surface area contributed by atoms with Crippen LogP contribution in [0.1, 0.15) is 59.3 Å². The second-order valence-electron chi connectivity index (χ2n) is 16.6. The van der Waals surface area contributed by atoms with Gasteiger partial charge in [-0.25, -0.2) is 0 Å². The second kappa shape index (κ2) is 16.5. The zero-order chi connectivity index (χ0) is 33.5. The molecule has 2 aromatic rings. The molecule has 258 valence electrons. The molecule has 2 bridgehead atoms. The molecule has 2 heterocycles. The van der Waals surface area contributed by atoms with Crippen LogP contribution in [0.2, 0.25) is 81.6 Å². The summed E-state index contributed by atoms with van der Waals surface area (Å²) in [5, 5.41) is 3.07. The van der Waals surface area contributed by atoms with Crippen LogP contribution < -0.4 is 10.6 Å². The maximum absolute atomic E-state index is 7.53. The standard InChI is InChI=1S/C38H67O3PSi4/c1-10-36-38(3)37(11-2)40-44(6,7)28-20-32-46(31-19-27-43(4,5)39-36,33-21-29-45(8,9)41-38)30-18-26-42(34-22-14-12-15-23-34)35-24-16-13-17-25-35/h12-17,22-25,36-37H,10-11,18-21,26-33H2,1-9H3. The third-order valence-electron chi connectivity index (χ3n) is 11.1. The van der Waals surface area contributed by atoms with Crippen LogP contribution in [0.15, 0.2) is 60.7 Å². The van der Waals surface area contributed by atoms with Crippen molar-refractivity contribution < 1.29 is 13.3 Å². The summed E-state index contributed by atoms with van der Waals surface area (Å²) in [7, 11) is -7.62. The van der Waals surface area contributed by atoms with E-state index in [0.29, 0.717) is 0 Å². The fourth-order valence-electron chi connectivity index (χ4n) is 8.74. The van der Waals surface area contributed by atoms with Gasteiger partial charge in [-0.1, -0.05) is 124 Å². The Hall–Kier alpha value is -0.382. The third-order valence-corrected chi connectivity index (χ3v) is 26.9. The van der Waals surface area contributed by atoms with Crippen LogP contribution in [0.3, 0.4) is 0 Å². The minimum atomic E-state index is -1.97. The SMILES string of the molecule is CCC1O[Si](C)(C)CCC[Si]2(CCCP(c3ccccc3)c3ccccc3)CCC[Si](C)(C)OC(CC)C1(C)O[Si](C)(C)CCC2. The van der Waals surface area contributed by atoms with E-state index in [4.69, 9.17) is 13.3 Å². The van der Waals surface area contributed by atoms with Crippen LogP contribution in [0, 0.1) is 0 Å². The van der Waals surface area contributed by atoms with E-state index in [1.54, 1.807) is 0 Å². The summed E-state index contributed by atoms with van der Waals surface area (Å²) in [6.07, 6.45) is 8.91. The molecule has 2 saturated heterocycles. The van der Waals surface area contributed by atoms with E-state index >= 15 is 0 Å². The van der Waals surface area contributed by atoms with Crippen molar-refractivity contribution in [2.45, 2.75) is 159 Å². The van der Waals surface area contributed by atoms with Crippen molar-refractivity contribution in [1.29, 1.82) is 0 Å². The van der Waals surface area contributed by atoms with Gasteiger partial charge in [-0.15, -0.1) is 0 Å². The highest BCUT2D eigenvalue weighted by molar-refractivity contribution is 7.73. The van der Waals surface area contributed by atoms with E-state index in [9.17, 15) is 0 Å². The normalized spacial score (nSPS) is 30.6. The Bertz CT molecular complexity index is 1120. The van der Waals surface area contributed by atoms with Gasteiger partial charge in [-0.2, -0.15) is 0 Å². The second-order valence-corrected chi connectivity index (χ2v) is 36.7. The van der Waals surface area contributed by atoms with Gasteiger partial charge in [0.2, 0.25) is 0 Å². The lowest BCUT2D eigenvalue weighted by Gasteiger charge is -2.50. The lowest BCUT2D eigenvalue weighted by atomic mass is 9.89. The smallest absolute Gasteiger partial charge is 0.187 e. The Morgan fingerprint density at radius 3 is 1.46 bits per heavy atom. The van der Waals surface area contributed by atoms with Gasteiger partial charge in [0.1, 0.15) is 5.60 Å². The summed E-state index contributed by atoms with van der Waals surface area (Å²) in [5.74, 6) is 0. The summed E-state index contributed by atoms with van der Waals surface area (Å²) in [6, 6.07) is 32.5. The number of benzene rings is 2. The van der Waals surface area contributed by atoms with Gasteiger partial charge in [-0.3, -0.25) is 0 Å². The minimum Gasteiger partial charge on any atom is -0.411 e. The van der Waals surface area contributed by atoms with Crippen LogP contribution in [-0.2, 0) is 13.3 Å². The topological polar surface area (TPSA) is 27.7 Å². The maximum atomic E-state index is 7.53. The van der Waals surface area contributed by atoms with Gasteiger partial charge < -0.3 is 13.3 Å². The molecule has 8 heteroatoms. The number of hydrogen-bond donors (Lipinski definition) is 0. The quantitative estimate of drug-likeness (QED) is 0.201. The molecule has 2 aliphatic heterocycles. The first-order valence-corrected chi connectivity index (χ1v) is 32.4. The maximum Gasteiger partial charge on any atom is 0.187 e. The van der Waals surface area contributed by atoms with Crippen molar-refractivity contribution in [3.63, 3.8) is 0 Å². The van der Waals surface area contributed by atoms with Crippen molar-refractivity contribution in [3.05, 3.63) is 60.7 Å². The predicted octanol–water partition coefficient (Wildman–Crippen LogP) is 11.1. The van der Waals surface area contributed by atoms with Crippen LogP contribution in [0.4, 0.5) is 0 Å². The summed E-state index contributed by atoms with van der Waals surface area (Å²) in [5.41, 5.74) is -0.392. The number of hydrogen-bond acceptors (Lipinski definition) is 3. The van der Waals surface area contributed by atoms with E-state index in [1.807, 2.05) is 0 Å². The molecule has 2 aromatic carbocycles. The lowest BCUT2D eigenvalue weighted by Crippen LogP contribution is -2.61. The summed E-state index contributed by atoms with van der Waals surface area (Å²) < 4.78 is 22.2. The van der Waals surface area contributed by atoms with Crippen molar-refractivity contribution >= 4 is 51.6 Å². The molecule has 0 amide bonds. The zero-order valence-electron chi connectivity index (χ0n) is 31.0. The molecular weight excluding hydrogens is 648 g/mol. The Labute approximate surface area is 289 Å². The molecule has 3 nitrogen and oxygen atoms in total. The van der Waals surface area contributed by atoms with Crippen molar-refractivity contribution in [2.75, 3.05) is 6.16 Å². The van der Waals surface area contributed by atoms with Crippen LogP contribution in [-0.4, -0.2) is 57.0 Å². The van der Waals surface area contributed by atoms with E-state index in [-0.39, 0.29) is 20.1 Å². The summed E-state index contributed by atoms with van der Waals surface area (Å²) in [4.78, 5) is 0. The average Bonchev–Trinajstić information content (AvgIpc) is 3.01. The zero-order valence-corrected chi connectivity index (χ0v) is 35.9. The molecule has 46 heavy (non-hydrogen) atoms. The van der Waals surface area contributed by atoms with E-state index in [0.717, 1.165) is 12.8 Å². The Balaban J connectivity index is 1.68. The van der Waals surface area contributed by atoms with Crippen molar-refractivity contribution in [2.24, 2.45) is 0 Å². The van der Waals surface area contributed by atoms with E-state index < -0.39 is 38.6 Å². The van der Waals surface area contributed by atoms with Gasteiger partial charge >= 0.3 is 0 Å². The number of rotatable bonds is 8. The van der Waals surface area contributed by atoms with Crippen LogP contribution in [0.5, 0.6) is 0 Å². The molecule has 2 fully saturated rings. The van der Waals surface area contributed by atoms with Gasteiger partial charge in [0.05, 0.1) is 20.3 Å². The van der Waals surface area contributed by atoms with Gasteiger partial charge in [0, 0.05) is 0 Å². The highest BCUT2D eigenvalue weighted by Gasteiger charge is 2.50. The molecule has 2 unspecified atom stereocenters. The summed E-state index contributed by atoms with van der Waals surface area (Å²) in [6.45, 7) is 22.0. The first kappa shape index (κ1) is 38.4. The molecule has 4 rings (SSSR count). The summed E-state index contributed by atoms with van der Waals surface area (Å²) >= 11 is 0. The van der Waals surface area contributed by atoms with Gasteiger partial charge in [-0.05, 0) is 102 Å². The molecule has 0 aliphatic carbocycles. The predicted molar refractivity (Wildman–Crippen MR) is 214 cm³/mol. The van der Waals surface area contributed by atoms with Crippen molar-refractivity contribution in [3.8, 4) is 0 Å². The van der Waals surface area contributed by atoms with Crippen molar-refractivity contribution in [1.82, 2.24) is 0 Å². The molecule has 0 spiro atoms. The Morgan fingerprint density at radius 1 is 0.630 bits per heavy atom. The Morgan fingerprint density at radius 2 is 1.04 bits per heavy atom. The minimum absolute atomic E-state index is 0.0941. The fraction of sp³-hybridized carbons (Fsp3) is 0.684. The van der Waals surface area contributed by atoms with Crippen LogP contribution in [0.25, 0.3) is 0 Å². The monoisotopic (exact) mass is 714 g/mol. The molecule has 0 radical (unpaired) electrons. The largest absolute Gasteiger partial charge is 0.411 e. The first-order valence-electron chi connectivity index (χ1n) is 18.7. The highest BCUT2D eigenvalue weighted by Crippen LogP contribution is 2.43. The molecule has 2 atom stereocenters. The molecule has 0 aromatic heterocycles. The average molecular weight is 715 g/mol. The Kier molecular flexibility index (Phi) is 13.8. The van der Waals surface area contributed by atoms with E-state index in [1.165, 1.54) is 84.8 Å². The fourth-order valence-corrected chi connectivity index (χ4v) is 24.9. The lowest BCUT2D eigenvalue weighted by molar-refractivity contribution is -0.111. The van der Waals surface area contributed by atoms with Gasteiger partial charge in [0.15, 0.2) is 25.0 Å². The molecule has 0 N–H and O–H groups in total. The molecule has 2 aliphatic rings. The van der Waals surface area contributed by atoms with E-state index in [2.05, 4.69) is 121 Å². The molecular formula is C38H67O3PSi4. The number of fused-ring (bicyclic) bond motifs is 6. The first-order chi connectivity index (χ1) is 21.7. The van der Waals surface area contributed by atoms with Gasteiger partial charge in [0.25, 0.3) is 0 Å². The highest BCUT2D eigenvalue weighted by atomic mass is 31.1.